The Hall–Kier alpha value is -2.95. The van der Waals surface area contributed by atoms with E-state index in [1.54, 1.807) is 4.90 Å². The summed E-state index contributed by atoms with van der Waals surface area (Å²) >= 11 is 11.9. The molecule has 3 aliphatic heterocycles. The summed E-state index contributed by atoms with van der Waals surface area (Å²) in [5, 5.41) is 16.5. The van der Waals surface area contributed by atoms with Crippen molar-refractivity contribution in [3.05, 3.63) is 39.9 Å². The fraction of sp³-hybridized carbons (Fsp3) is 0.458. The number of phenols is 1. The van der Waals surface area contributed by atoms with Gasteiger partial charge in [0.25, 0.3) is 5.91 Å². The topological polar surface area (TPSA) is 116 Å². The number of anilines is 2. The molecule has 3 amide bonds. The van der Waals surface area contributed by atoms with Crippen molar-refractivity contribution >= 4 is 46.8 Å². The number of halogens is 2. The van der Waals surface area contributed by atoms with Gasteiger partial charge in [0.15, 0.2) is 11.6 Å². The van der Waals surface area contributed by atoms with Gasteiger partial charge in [0.05, 0.1) is 17.1 Å². The fourth-order valence-corrected chi connectivity index (χ4v) is 5.13. The number of hydrogen-bond donors (Lipinski definition) is 3. The van der Waals surface area contributed by atoms with Crippen molar-refractivity contribution in [1.82, 2.24) is 15.6 Å². The molecule has 2 fully saturated rings. The Morgan fingerprint density at radius 1 is 1.03 bits per heavy atom. The van der Waals surface area contributed by atoms with Crippen molar-refractivity contribution in [2.45, 2.75) is 31.3 Å². The Balaban J connectivity index is 1.26. The molecule has 12 heteroatoms. The normalized spacial score (nSPS) is 20.0. The Morgan fingerprint density at radius 2 is 1.83 bits per heavy atom. The molecule has 1 aromatic carbocycles. The zero-order valence-corrected chi connectivity index (χ0v) is 21.0. The van der Waals surface area contributed by atoms with Gasteiger partial charge in [-0.2, -0.15) is 0 Å². The number of pyridine rings is 1. The van der Waals surface area contributed by atoms with Gasteiger partial charge >= 0.3 is 6.03 Å². The maximum atomic E-state index is 13.0. The number of benzene rings is 1. The molecular formula is C24H27Cl2N5O5. The van der Waals surface area contributed by atoms with E-state index in [2.05, 4.69) is 10.6 Å². The van der Waals surface area contributed by atoms with E-state index in [-0.39, 0.29) is 39.5 Å². The van der Waals surface area contributed by atoms with Crippen LogP contribution < -0.4 is 25.2 Å². The molecule has 36 heavy (non-hydrogen) atoms. The van der Waals surface area contributed by atoms with Crippen LogP contribution >= 0.6 is 23.2 Å². The first-order chi connectivity index (χ1) is 17.4. The largest absolute Gasteiger partial charge is 0.506 e. The summed E-state index contributed by atoms with van der Waals surface area (Å²) in [7, 11) is 0. The van der Waals surface area contributed by atoms with Crippen LogP contribution in [0.15, 0.2) is 24.3 Å². The molecule has 0 saturated carbocycles. The molecule has 0 radical (unpaired) electrons. The highest BCUT2D eigenvalue weighted by Gasteiger charge is 2.31. The lowest BCUT2D eigenvalue weighted by atomic mass is 10.1. The Kier molecular flexibility index (Phi) is 7.27. The zero-order valence-electron chi connectivity index (χ0n) is 19.5. The summed E-state index contributed by atoms with van der Waals surface area (Å²) in [6.45, 7) is 3.26. The lowest BCUT2D eigenvalue weighted by Crippen LogP contribution is -2.49. The van der Waals surface area contributed by atoms with Crippen LogP contribution in [0.25, 0.3) is 0 Å². The van der Waals surface area contributed by atoms with Gasteiger partial charge in [-0.3, -0.25) is 9.69 Å². The molecule has 0 bridgehead atoms. The zero-order chi connectivity index (χ0) is 25.2. The highest BCUT2D eigenvalue weighted by Crippen LogP contribution is 2.34. The monoisotopic (exact) mass is 535 g/mol. The van der Waals surface area contributed by atoms with Gasteiger partial charge in [-0.1, -0.05) is 23.2 Å². The van der Waals surface area contributed by atoms with Crippen LogP contribution in [0.3, 0.4) is 0 Å². The maximum absolute atomic E-state index is 13.0. The third-order valence-corrected chi connectivity index (χ3v) is 7.07. The van der Waals surface area contributed by atoms with Crippen LogP contribution in [0.2, 0.25) is 10.0 Å². The molecule has 0 spiro atoms. The summed E-state index contributed by atoms with van der Waals surface area (Å²) in [5.74, 6) is 0.975. The summed E-state index contributed by atoms with van der Waals surface area (Å²) < 4.78 is 11.1. The van der Waals surface area contributed by atoms with Gasteiger partial charge < -0.3 is 30.1 Å². The van der Waals surface area contributed by atoms with Crippen molar-refractivity contribution in [3.8, 4) is 11.5 Å². The van der Waals surface area contributed by atoms with Gasteiger partial charge in [-0.25, -0.2) is 9.78 Å². The van der Waals surface area contributed by atoms with Crippen molar-refractivity contribution in [3.63, 3.8) is 0 Å². The van der Waals surface area contributed by atoms with E-state index >= 15 is 0 Å². The first-order valence-electron chi connectivity index (χ1n) is 11.9. The molecule has 2 aromatic rings. The van der Waals surface area contributed by atoms with Crippen molar-refractivity contribution in [1.29, 1.82) is 0 Å². The molecule has 0 aliphatic carbocycles. The van der Waals surface area contributed by atoms with Crippen LogP contribution in [0.4, 0.5) is 16.4 Å². The van der Waals surface area contributed by atoms with E-state index in [0.29, 0.717) is 63.3 Å². The molecule has 3 aliphatic rings. The second-order valence-electron chi connectivity index (χ2n) is 9.02. The highest BCUT2D eigenvalue weighted by molar-refractivity contribution is 6.36. The first-order valence-corrected chi connectivity index (χ1v) is 12.7. The molecule has 1 atom stereocenters. The number of hydrogen-bond acceptors (Lipinski definition) is 7. The standard InChI is InChI=1S/C24H27Cl2N5O5/c25-14-11-17(21(32)18(26)12-14)23(33)27-16-3-6-30(13-16)20-2-1-19-22(29-20)31(7-10-36-19)24(34)28-15-4-8-35-9-5-15/h1-2,11-12,15-16,32H,3-10,13H2,(H,27,33)(H,28,34)/t16-/m0/s1. The lowest BCUT2D eigenvalue weighted by Gasteiger charge is -2.32. The molecule has 4 heterocycles. The van der Waals surface area contributed by atoms with Crippen LogP contribution in [0.1, 0.15) is 29.6 Å². The van der Waals surface area contributed by atoms with Gasteiger partial charge in [0, 0.05) is 43.4 Å². The van der Waals surface area contributed by atoms with E-state index in [9.17, 15) is 14.7 Å². The van der Waals surface area contributed by atoms with E-state index in [1.807, 2.05) is 17.0 Å². The minimum Gasteiger partial charge on any atom is -0.506 e. The van der Waals surface area contributed by atoms with Crippen LogP contribution in [0, 0.1) is 0 Å². The van der Waals surface area contributed by atoms with E-state index in [0.717, 1.165) is 12.8 Å². The van der Waals surface area contributed by atoms with Crippen molar-refractivity contribution in [2.24, 2.45) is 0 Å². The number of ether oxygens (including phenoxy) is 2. The number of rotatable bonds is 4. The van der Waals surface area contributed by atoms with Gasteiger partial charge in [0.1, 0.15) is 18.2 Å². The van der Waals surface area contributed by atoms with E-state index in [4.69, 9.17) is 37.7 Å². The number of urea groups is 1. The van der Waals surface area contributed by atoms with Gasteiger partial charge in [0.2, 0.25) is 0 Å². The van der Waals surface area contributed by atoms with Crippen molar-refractivity contribution in [2.75, 3.05) is 49.3 Å². The number of nitrogens with one attached hydrogen (secondary N) is 2. The van der Waals surface area contributed by atoms with Gasteiger partial charge in [-0.05, 0) is 43.5 Å². The number of nitrogens with zero attached hydrogens (tertiary/aromatic N) is 3. The van der Waals surface area contributed by atoms with Crippen LogP contribution in [-0.2, 0) is 4.74 Å². The molecule has 2 saturated heterocycles. The number of aromatic hydroxyl groups is 1. The number of carbonyl (C=O) groups excluding carboxylic acids is 2. The minimum absolute atomic E-state index is 0.0200. The second-order valence-corrected chi connectivity index (χ2v) is 9.86. The Bertz CT molecular complexity index is 1160. The quantitative estimate of drug-likeness (QED) is 0.550. The number of phenolic OH excluding ortho intramolecular Hbond substituents is 1. The molecule has 10 nitrogen and oxygen atoms in total. The SMILES string of the molecule is O=C(N[C@H]1CCN(c2ccc3c(n2)N(C(=O)NC2CCOCC2)CCO3)C1)c1cc(Cl)cc(Cl)c1O. The Morgan fingerprint density at radius 3 is 2.64 bits per heavy atom. The van der Waals surface area contributed by atoms with Gasteiger partial charge in [-0.15, -0.1) is 0 Å². The van der Waals surface area contributed by atoms with E-state index in [1.165, 1.54) is 12.1 Å². The second kappa shape index (κ2) is 10.6. The van der Waals surface area contributed by atoms with Crippen molar-refractivity contribution < 1.29 is 24.2 Å². The number of carbonyl (C=O) groups is 2. The molecule has 3 N–H and O–H groups in total. The third kappa shape index (κ3) is 5.25. The lowest BCUT2D eigenvalue weighted by molar-refractivity contribution is 0.0802. The number of amides is 3. The molecule has 192 valence electrons. The molecule has 1 aromatic heterocycles. The Labute approximate surface area is 218 Å². The molecule has 5 rings (SSSR count). The average Bonchev–Trinajstić information content (AvgIpc) is 3.34. The minimum atomic E-state index is -0.452. The highest BCUT2D eigenvalue weighted by atomic mass is 35.5. The van der Waals surface area contributed by atoms with Crippen LogP contribution in [0.5, 0.6) is 11.5 Å². The third-order valence-electron chi connectivity index (χ3n) is 6.57. The predicted molar refractivity (Wildman–Crippen MR) is 136 cm³/mol. The summed E-state index contributed by atoms with van der Waals surface area (Å²) in [5.41, 5.74) is 0.0289. The average molecular weight is 536 g/mol. The fourth-order valence-electron chi connectivity index (χ4n) is 4.64. The number of fused-ring (bicyclic) bond motifs is 1. The maximum Gasteiger partial charge on any atom is 0.323 e. The van der Waals surface area contributed by atoms with E-state index < -0.39 is 5.91 Å². The smallest absolute Gasteiger partial charge is 0.323 e. The summed E-state index contributed by atoms with van der Waals surface area (Å²) in [6.07, 6.45) is 2.26. The number of aromatic nitrogens is 1. The molecular weight excluding hydrogens is 509 g/mol. The van der Waals surface area contributed by atoms with Crippen LogP contribution in [-0.4, -0.2) is 73.6 Å². The first kappa shape index (κ1) is 24.7. The summed E-state index contributed by atoms with van der Waals surface area (Å²) in [4.78, 5) is 34.2. The summed E-state index contributed by atoms with van der Waals surface area (Å²) in [6, 6.07) is 6.16. The predicted octanol–water partition coefficient (Wildman–Crippen LogP) is 3.19. The molecule has 0 unspecified atom stereocenters.